The predicted octanol–water partition coefficient (Wildman–Crippen LogP) is 3.08. The van der Waals surface area contributed by atoms with Crippen LogP contribution in [-0.2, 0) is 6.42 Å². The molecule has 1 aromatic heterocycles. The van der Waals surface area contributed by atoms with Crippen molar-refractivity contribution in [3.8, 4) is 0 Å². The first-order valence-corrected chi connectivity index (χ1v) is 4.45. The summed E-state index contributed by atoms with van der Waals surface area (Å²) in [4.78, 5) is 4.28. The number of fused-ring (bicyclic) bond motifs is 1. The average molecular weight is 180 g/mol. The zero-order valence-corrected chi connectivity index (χ0v) is 7.73. The van der Waals surface area contributed by atoms with Crippen molar-refractivity contribution in [2.24, 2.45) is 0 Å². The molecule has 0 spiro atoms. The van der Waals surface area contributed by atoms with Crippen molar-refractivity contribution in [3.05, 3.63) is 34.1 Å². The topological polar surface area (TPSA) is 12.9 Å². The van der Waals surface area contributed by atoms with Gasteiger partial charge in [0.25, 0.3) is 0 Å². The van der Waals surface area contributed by atoms with E-state index < -0.39 is 0 Å². The lowest BCUT2D eigenvalue weighted by atomic mass is 9.97. The number of rotatable bonds is 0. The fraction of sp³-hybridized carbons (Fsp3) is 0.300. The van der Waals surface area contributed by atoms with Crippen LogP contribution >= 0.6 is 11.6 Å². The van der Waals surface area contributed by atoms with Gasteiger partial charge >= 0.3 is 0 Å². The SMILES string of the molecule is CC1=Cc2cc(Cl)cnc2CC1. The second-order valence-electron chi connectivity index (χ2n) is 3.18. The molecule has 0 saturated heterocycles. The third-order valence-corrected chi connectivity index (χ3v) is 2.34. The molecule has 0 bridgehead atoms. The van der Waals surface area contributed by atoms with Crippen LogP contribution in [0.25, 0.3) is 6.08 Å². The van der Waals surface area contributed by atoms with Crippen molar-refractivity contribution >= 4 is 17.7 Å². The quantitative estimate of drug-likeness (QED) is 0.597. The van der Waals surface area contributed by atoms with E-state index in [2.05, 4.69) is 18.0 Å². The van der Waals surface area contributed by atoms with E-state index in [0.29, 0.717) is 0 Å². The highest BCUT2D eigenvalue weighted by Gasteiger charge is 2.08. The van der Waals surface area contributed by atoms with Crippen LogP contribution in [0.15, 0.2) is 17.8 Å². The van der Waals surface area contributed by atoms with E-state index in [9.17, 15) is 0 Å². The standard InChI is InChI=1S/C10H10ClN/c1-7-2-3-10-8(4-7)5-9(11)6-12-10/h4-6H,2-3H2,1H3. The Morgan fingerprint density at radius 1 is 1.42 bits per heavy atom. The van der Waals surface area contributed by atoms with Gasteiger partial charge in [-0.1, -0.05) is 23.3 Å². The van der Waals surface area contributed by atoms with E-state index in [-0.39, 0.29) is 0 Å². The number of halogens is 1. The number of aromatic nitrogens is 1. The molecule has 12 heavy (non-hydrogen) atoms. The smallest absolute Gasteiger partial charge is 0.0595 e. The number of hydrogen-bond acceptors (Lipinski definition) is 1. The number of pyridine rings is 1. The maximum absolute atomic E-state index is 5.83. The summed E-state index contributed by atoms with van der Waals surface area (Å²) < 4.78 is 0. The molecule has 0 aliphatic heterocycles. The van der Waals surface area contributed by atoms with Crippen LogP contribution < -0.4 is 0 Å². The molecule has 0 aromatic carbocycles. The zero-order chi connectivity index (χ0) is 8.55. The predicted molar refractivity (Wildman–Crippen MR) is 51.2 cm³/mol. The molecule has 1 heterocycles. The average Bonchev–Trinajstić information content (AvgIpc) is 2.03. The van der Waals surface area contributed by atoms with Crippen molar-refractivity contribution in [1.29, 1.82) is 0 Å². The molecule has 0 saturated carbocycles. The van der Waals surface area contributed by atoms with Gasteiger partial charge in [-0.15, -0.1) is 0 Å². The summed E-state index contributed by atoms with van der Waals surface area (Å²) in [6.07, 6.45) is 6.06. The molecular weight excluding hydrogens is 170 g/mol. The van der Waals surface area contributed by atoms with Crippen molar-refractivity contribution in [3.63, 3.8) is 0 Å². The number of hydrogen-bond donors (Lipinski definition) is 0. The van der Waals surface area contributed by atoms with E-state index in [1.54, 1.807) is 6.20 Å². The molecule has 1 aliphatic rings. The van der Waals surface area contributed by atoms with Crippen LogP contribution in [0, 0.1) is 0 Å². The van der Waals surface area contributed by atoms with Crippen LogP contribution in [0.2, 0.25) is 5.02 Å². The molecule has 0 amide bonds. The Hall–Kier alpha value is -0.820. The fourth-order valence-electron chi connectivity index (χ4n) is 1.47. The molecule has 2 heteroatoms. The molecule has 2 rings (SSSR count). The summed E-state index contributed by atoms with van der Waals surface area (Å²) in [7, 11) is 0. The van der Waals surface area contributed by atoms with Gasteiger partial charge in [-0.3, -0.25) is 4.98 Å². The third-order valence-electron chi connectivity index (χ3n) is 2.13. The molecule has 0 atom stereocenters. The number of nitrogens with zero attached hydrogens (tertiary/aromatic N) is 1. The Balaban J connectivity index is 2.53. The van der Waals surface area contributed by atoms with Crippen molar-refractivity contribution in [2.75, 3.05) is 0 Å². The molecule has 62 valence electrons. The van der Waals surface area contributed by atoms with Crippen molar-refractivity contribution < 1.29 is 0 Å². The molecule has 1 nitrogen and oxygen atoms in total. The van der Waals surface area contributed by atoms with Gasteiger partial charge in [-0.25, -0.2) is 0 Å². The Bertz CT molecular complexity index is 342. The second-order valence-corrected chi connectivity index (χ2v) is 3.62. The van der Waals surface area contributed by atoms with Gasteiger partial charge in [0.1, 0.15) is 0 Å². The lowest BCUT2D eigenvalue weighted by Crippen LogP contribution is -1.99. The summed E-state index contributed by atoms with van der Waals surface area (Å²) in [6, 6.07) is 1.98. The minimum absolute atomic E-state index is 0.722. The zero-order valence-electron chi connectivity index (χ0n) is 6.97. The highest BCUT2D eigenvalue weighted by atomic mass is 35.5. The van der Waals surface area contributed by atoms with Gasteiger partial charge in [-0.2, -0.15) is 0 Å². The maximum atomic E-state index is 5.83. The Kier molecular flexibility index (Phi) is 1.89. The highest BCUT2D eigenvalue weighted by molar-refractivity contribution is 6.30. The lowest BCUT2D eigenvalue weighted by Gasteiger charge is -2.12. The molecule has 1 aromatic rings. The van der Waals surface area contributed by atoms with E-state index >= 15 is 0 Å². The normalized spacial score (nSPS) is 15.3. The molecule has 0 unspecified atom stereocenters. The van der Waals surface area contributed by atoms with Crippen molar-refractivity contribution in [1.82, 2.24) is 4.98 Å². The lowest BCUT2D eigenvalue weighted by molar-refractivity contribution is 0.884. The van der Waals surface area contributed by atoms with Gasteiger partial charge in [0.15, 0.2) is 0 Å². The van der Waals surface area contributed by atoms with Gasteiger partial charge < -0.3 is 0 Å². The Morgan fingerprint density at radius 3 is 3.08 bits per heavy atom. The molecule has 0 radical (unpaired) electrons. The molecular formula is C10H10ClN. The van der Waals surface area contributed by atoms with Gasteiger partial charge in [0, 0.05) is 11.9 Å². The Labute approximate surface area is 77.1 Å². The monoisotopic (exact) mass is 179 g/mol. The largest absolute Gasteiger partial charge is 0.259 e. The molecule has 0 N–H and O–H groups in total. The molecule has 1 aliphatic carbocycles. The van der Waals surface area contributed by atoms with Crippen LogP contribution in [-0.4, -0.2) is 4.98 Å². The first-order valence-electron chi connectivity index (χ1n) is 4.07. The van der Waals surface area contributed by atoms with Crippen LogP contribution in [0.3, 0.4) is 0 Å². The van der Waals surface area contributed by atoms with Gasteiger partial charge in [-0.05, 0) is 31.4 Å². The Morgan fingerprint density at radius 2 is 2.25 bits per heavy atom. The van der Waals surface area contributed by atoms with E-state index in [0.717, 1.165) is 17.9 Å². The number of aryl methyl sites for hydroxylation is 1. The van der Waals surface area contributed by atoms with E-state index in [1.165, 1.54) is 16.8 Å². The number of allylic oxidation sites excluding steroid dienone is 1. The summed E-state index contributed by atoms with van der Waals surface area (Å²) >= 11 is 5.83. The minimum atomic E-state index is 0.722. The minimum Gasteiger partial charge on any atom is -0.259 e. The summed E-state index contributed by atoms with van der Waals surface area (Å²) in [5.41, 5.74) is 3.77. The van der Waals surface area contributed by atoms with Gasteiger partial charge in [0.05, 0.1) is 5.02 Å². The first kappa shape index (κ1) is 7.81. The summed E-state index contributed by atoms with van der Waals surface area (Å²) in [5, 5.41) is 0.722. The summed E-state index contributed by atoms with van der Waals surface area (Å²) in [6.45, 7) is 2.14. The van der Waals surface area contributed by atoms with Crippen molar-refractivity contribution in [2.45, 2.75) is 19.8 Å². The third kappa shape index (κ3) is 1.37. The van der Waals surface area contributed by atoms with Crippen LogP contribution in [0.5, 0.6) is 0 Å². The first-order chi connectivity index (χ1) is 5.75. The van der Waals surface area contributed by atoms with Gasteiger partial charge in [0.2, 0.25) is 0 Å². The van der Waals surface area contributed by atoms with E-state index in [1.807, 2.05) is 6.07 Å². The van der Waals surface area contributed by atoms with E-state index in [4.69, 9.17) is 11.6 Å². The highest BCUT2D eigenvalue weighted by Crippen LogP contribution is 2.23. The summed E-state index contributed by atoms with van der Waals surface area (Å²) in [5.74, 6) is 0. The van der Waals surface area contributed by atoms with Crippen LogP contribution in [0.4, 0.5) is 0 Å². The molecule has 0 fully saturated rings. The fourth-order valence-corrected chi connectivity index (χ4v) is 1.64. The maximum Gasteiger partial charge on any atom is 0.0595 e. The van der Waals surface area contributed by atoms with Crippen LogP contribution in [0.1, 0.15) is 24.6 Å². The second kappa shape index (κ2) is 2.91.